The lowest BCUT2D eigenvalue weighted by Crippen LogP contribution is -2.37. The lowest BCUT2D eigenvalue weighted by Gasteiger charge is -2.21. The highest BCUT2D eigenvalue weighted by molar-refractivity contribution is 6.08. The van der Waals surface area contributed by atoms with Gasteiger partial charge in [0.25, 0.3) is 0 Å². The second-order valence-electron chi connectivity index (χ2n) is 8.30. The second-order valence-corrected chi connectivity index (χ2v) is 8.30. The minimum absolute atomic E-state index is 0.0151. The maximum Gasteiger partial charge on any atom is 0.326 e. The molecular weight excluding hydrogens is 416 g/mol. The molecule has 1 saturated heterocycles. The first-order chi connectivity index (χ1) is 15.9. The van der Waals surface area contributed by atoms with E-state index in [1.165, 1.54) is 4.90 Å². The third-order valence-electron chi connectivity index (χ3n) is 5.91. The van der Waals surface area contributed by atoms with Gasteiger partial charge >= 0.3 is 5.97 Å². The van der Waals surface area contributed by atoms with E-state index in [9.17, 15) is 19.5 Å². The van der Waals surface area contributed by atoms with Crippen LogP contribution in [0.15, 0.2) is 72.9 Å². The van der Waals surface area contributed by atoms with E-state index in [-0.39, 0.29) is 24.7 Å². The summed E-state index contributed by atoms with van der Waals surface area (Å²) in [5.74, 6) is -1.10. The molecule has 3 aromatic rings. The normalized spacial score (nSPS) is 16.0. The van der Waals surface area contributed by atoms with Gasteiger partial charge in [-0.25, -0.2) is 4.79 Å². The number of rotatable bonds is 8. The van der Waals surface area contributed by atoms with E-state index < -0.39 is 12.0 Å². The first kappa shape index (κ1) is 22.3. The second kappa shape index (κ2) is 9.69. The SMILES string of the molecule is Cc1ccc(C(=O)c2cccn2C/C=C/c2cccc(CN3C(=O)CC[C@@H]3C(=O)O)c2)cc1. The molecule has 1 aromatic heterocycles. The van der Waals surface area contributed by atoms with Crippen molar-refractivity contribution in [2.24, 2.45) is 0 Å². The zero-order valence-electron chi connectivity index (χ0n) is 18.5. The highest BCUT2D eigenvalue weighted by Gasteiger charge is 2.35. The summed E-state index contributed by atoms with van der Waals surface area (Å²) in [6.07, 6.45) is 6.45. The standard InChI is InChI=1S/C27H26N2O4/c1-19-9-11-22(12-10-19)26(31)23-8-4-16-28(23)15-3-7-20-5-2-6-21(17-20)18-29-24(27(32)33)13-14-25(29)30/h2-12,16-17,24H,13-15,18H2,1H3,(H,32,33)/b7-3+/t24-/m1/s1. The molecule has 0 saturated carbocycles. The van der Waals surface area contributed by atoms with E-state index in [2.05, 4.69) is 0 Å². The van der Waals surface area contributed by atoms with Crippen molar-refractivity contribution in [2.75, 3.05) is 0 Å². The molecule has 1 atom stereocenters. The molecule has 6 nitrogen and oxygen atoms in total. The number of nitrogens with zero attached hydrogens (tertiary/aromatic N) is 2. The van der Waals surface area contributed by atoms with Gasteiger partial charge in [-0.2, -0.15) is 0 Å². The van der Waals surface area contributed by atoms with E-state index in [4.69, 9.17) is 0 Å². The molecular formula is C27H26N2O4. The summed E-state index contributed by atoms with van der Waals surface area (Å²) >= 11 is 0. The number of carboxylic acids is 1. The van der Waals surface area contributed by atoms with Crippen molar-refractivity contribution in [3.63, 3.8) is 0 Å². The number of carbonyl (C=O) groups is 3. The number of aromatic nitrogens is 1. The fourth-order valence-corrected chi connectivity index (χ4v) is 4.12. The van der Waals surface area contributed by atoms with E-state index in [1.807, 2.05) is 90.5 Å². The summed E-state index contributed by atoms with van der Waals surface area (Å²) in [4.78, 5) is 37.8. The van der Waals surface area contributed by atoms with Crippen molar-refractivity contribution in [1.82, 2.24) is 9.47 Å². The number of carboxylic acid groups (broad SMARTS) is 1. The van der Waals surface area contributed by atoms with Crippen LogP contribution in [0.1, 0.15) is 45.6 Å². The van der Waals surface area contributed by atoms with Gasteiger partial charge in [0.1, 0.15) is 6.04 Å². The Morgan fingerprint density at radius 2 is 1.88 bits per heavy atom. The van der Waals surface area contributed by atoms with Crippen LogP contribution in [0.4, 0.5) is 0 Å². The number of allylic oxidation sites excluding steroid dienone is 1. The Labute approximate surface area is 192 Å². The predicted octanol–water partition coefficient (Wildman–Crippen LogP) is 4.32. The zero-order chi connectivity index (χ0) is 23.4. The van der Waals surface area contributed by atoms with Crippen molar-refractivity contribution >= 4 is 23.7 Å². The average Bonchev–Trinajstić information content (AvgIpc) is 3.41. The van der Waals surface area contributed by atoms with Crippen molar-refractivity contribution in [1.29, 1.82) is 0 Å². The molecule has 33 heavy (non-hydrogen) atoms. The topological polar surface area (TPSA) is 79.6 Å². The average molecular weight is 443 g/mol. The molecule has 4 rings (SSSR count). The quantitative estimate of drug-likeness (QED) is 0.527. The van der Waals surface area contributed by atoms with Crippen LogP contribution in [-0.2, 0) is 22.7 Å². The molecule has 0 radical (unpaired) electrons. The van der Waals surface area contributed by atoms with Gasteiger partial charge in [0, 0.05) is 31.3 Å². The number of ketones is 1. The number of hydrogen-bond acceptors (Lipinski definition) is 3. The smallest absolute Gasteiger partial charge is 0.326 e. The van der Waals surface area contributed by atoms with Gasteiger partial charge in [0.2, 0.25) is 11.7 Å². The summed E-state index contributed by atoms with van der Waals surface area (Å²) in [5.41, 5.74) is 4.23. The van der Waals surface area contributed by atoms with Crippen molar-refractivity contribution in [2.45, 2.75) is 38.9 Å². The van der Waals surface area contributed by atoms with E-state index in [0.717, 1.165) is 16.7 Å². The molecule has 0 aliphatic carbocycles. The maximum atomic E-state index is 12.9. The molecule has 2 aromatic carbocycles. The lowest BCUT2D eigenvalue weighted by atomic mass is 10.1. The summed E-state index contributed by atoms with van der Waals surface area (Å²) in [6, 6.07) is 18.2. The molecule has 6 heteroatoms. The molecule has 168 valence electrons. The zero-order valence-corrected chi connectivity index (χ0v) is 18.5. The fraction of sp³-hybridized carbons (Fsp3) is 0.222. The largest absolute Gasteiger partial charge is 0.480 e. The number of aliphatic carboxylic acids is 1. The van der Waals surface area contributed by atoms with Gasteiger partial charge in [-0.3, -0.25) is 9.59 Å². The first-order valence-corrected chi connectivity index (χ1v) is 11.0. The molecule has 1 N–H and O–H groups in total. The molecule has 0 unspecified atom stereocenters. The summed E-state index contributed by atoms with van der Waals surface area (Å²) in [5, 5.41) is 9.36. The van der Waals surface area contributed by atoms with Gasteiger partial charge < -0.3 is 14.6 Å². The minimum Gasteiger partial charge on any atom is -0.480 e. The Balaban J connectivity index is 1.43. The molecule has 0 spiro atoms. The number of hydrogen-bond donors (Lipinski definition) is 1. The Kier molecular flexibility index (Phi) is 6.54. The van der Waals surface area contributed by atoms with Crippen LogP contribution < -0.4 is 0 Å². The van der Waals surface area contributed by atoms with Crippen LogP contribution in [0.3, 0.4) is 0 Å². The van der Waals surface area contributed by atoms with Crippen LogP contribution in [0.25, 0.3) is 6.08 Å². The fourth-order valence-electron chi connectivity index (χ4n) is 4.12. The highest BCUT2D eigenvalue weighted by Crippen LogP contribution is 2.22. The van der Waals surface area contributed by atoms with Crippen LogP contribution in [0, 0.1) is 6.92 Å². The highest BCUT2D eigenvalue weighted by atomic mass is 16.4. The van der Waals surface area contributed by atoms with Crippen LogP contribution in [-0.4, -0.2) is 38.3 Å². The molecule has 2 heterocycles. The maximum absolute atomic E-state index is 12.9. The van der Waals surface area contributed by atoms with E-state index in [1.54, 1.807) is 0 Å². The van der Waals surface area contributed by atoms with Gasteiger partial charge in [-0.15, -0.1) is 0 Å². The number of aryl methyl sites for hydroxylation is 1. The van der Waals surface area contributed by atoms with E-state index in [0.29, 0.717) is 24.2 Å². The number of likely N-dealkylation sites (tertiary alicyclic amines) is 1. The Morgan fingerprint density at radius 3 is 2.64 bits per heavy atom. The molecule has 1 fully saturated rings. The predicted molar refractivity (Wildman–Crippen MR) is 126 cm³/mol. The van der Waals surface area contributed by atoms with Crippen LogP contribution in [0.2, 0.25) is 0 Å². The number of amides is 1. The minimum atomic E-state index is -0.959. The molecule has 1 amide bonds. The van der Waals surface area contributed by atoms with Crippen molar-refractivity contribution < 1.29 is 19.5 Å². The number of carbonyl (C=O) groups excluding carboxylic acids is 2. The van der Waals surface area contributed by atoms with Gasteiger partial charge in [-0.05, 0) is 42.7 Å². The Morgan fingerprint density at radius 1 is 1.09 bits per heavy atom. The third kappa shape index (κ3) is 5.12. The van der Waals surface area contributed by atoms with Crippen molar-refractivity contribution in [3.8, 4) is 0 Å². The molecule has 1 aliphatic heterocycles. The number of benzene rings is 2. The molecule has 0 bridgehead atoms. The lowest BCUT2D eigenvalue weighted by molar-refractivity contribution is -0.146. The molecule has 1 aliphatic rings. The Hall–Kier alpha value is -3.93. The summed E-state index contributed by atoms with van der Waals surface area (Å²) in [7, 11) is 0. The van der Waals surface area contributed by atoms with Crippen molar-refractivity contribution in [3.05, 3.63) is 101 Å². The van der Waals surface area contributed by atoms with E-state index >= 15 is 0 Å². The summed E-state index contributed by atoms with van der Waals surface area (Å²) in [6.45, 7) is 2.81. The Bertz CT molecular complexity index is 1210. The third-order valence-corrected chi connectivity index (χ3v) is 5.91. The first-order valence-electron chi connectivity index (χ1n) is 11.0. The summed E-state index contributed by atoms with van der Waals surface area (Å²) < 4.78 is 1.91. The van der Waals surface area contributed by atoms with Gasteiger partial charge in [0.05, 0.1) is 5.69 Å². The van der Waals surface area contributed by atoms with Gasteiger partial charge in [-0.1, -0.05) is 60.2 Å². The van der Waals surface area contributed by atoms with Crippen LogP contribution in [0.5, 0.6) is 0 Å². The van der Waals surface area contributed by atoms with Gasteiger partial charge in [0.15, 0.2) is 0 Å². The van der Waals surface area contributed by atoms with Crippen LogP contribution >= 0.6 is 0 Å². The monoisotopic (exact) mass is 442 g/mol.